The normalized spacial score (nSPS) is 19.2. The number of nitrogens with zero attached hydrogens (tertiary/aromatic N) is 1. The van der Waals surface area contributed by atoms with Crippen molar-refractivity contribution in [2.45, 2.75) is 12.6 Å². The standard InChI is InChI=1S/C13H16ClFN2O2/c1-17(13(18)12-8-19-5-4-16-12)7-9-2-3-10(15)6-11(9)14/h2-3,6,12,16H,4-5,7-8H2,1H3. The van der Waals surface area contributed by atoms with Crippen LogP contribution in [-0.2, 0) is 16.1 Å². The van der Waals surface area contributed by atoms with Gasteiger partial charge in [0.25, 0.3) is 0 Å². The lowest BCUT2D eigenvalue weighted by molar-refractivity contribution is -0.135. The second kappa shape index (κ2) is 6.32. The van der Waals surface area contributed by atoms with Gasteiger partial charge >= 0.3 is 0 Å². The summed E-state index contributed by atoms with van der Waals surface area (Å²) < 4.78 is 18.2. The maximum atomic E-state index is 12.9. The van der Waals surface area contributed by atoms with Gasteiger partial charge < -0.3 is 15.0 Å². The highest BCUT2D eigenvalue weighted by Crippen LogP contribution is 2.19. The van der Waals surface area contributed by atoms with E-state index in [-0.39, 0.29) is 17.8 Å². The highest BCUT2D eigenvalue weighted by atomic mass is 35.5. The van der Waals surface area contributed by atoms with E-state index in [1.165, 1.54) is 12.1 Å². The molecule has 1 aromatic rings. The van der Waals surface area contributed by atoms with Gasteiger partial charge in [-0.3, -0.25) is 4.79 Å². The molecule has 0 saturated carbocycles. The fourth-order valence-corrected chi connectivity index (χ4v) is 2.20. The molecule has 0 aromatic heterocycles. The van der Waals surface area contributed by atoms with Crippen LogP contribution in [0.3, 0.4) is 0 Å². The Bertz CT molecular complexity index is 464. The van der Waals surface area contributed by atoms with Crippen LogP contribution in [-0.4, -0.2) is 43.7 Å². The summed E-state index contributed by atoms with van der Waals surface area (Å²) in [4.78, 5) is 13.7. The molecule has 1 fully saturated rings. The lowest BCUT2D eigenvalue weighted by Crippen LogP contribution is -2.51. The number of halogens is 2. The summed E-state index contributed by atoms with van der Waals surface area (Å²) in [5, 5.41) is 3.43. The quantitative estimate of drug-likeness (QED) is 0.914. The lowest BCUT2D eigenvalue weighted by atomic mass is 10.2. The van der Waals surface area contributed by atoms with Crippen molar-refractivity contribution in [3.8, 4) is 0 Å². The molecule has 2 rings (SSSR count). The molecule has 1 aromatic carbocycles. The average molecular weight is 287 g/mol. The second-order valence-electron chi connectivity index (χ2n) is 4.51. The van der Waals surface area contributed by atoms with Crippen molar-refractivity contribution in [2.75, 3.05) is 26.8 Å². The average Bonchev–Trinajstić information content (AvgIpc) is 2.42. The van der Waals surface area contributed by atoms with Crippen molar-refractivity contribution in [1.82, 2.24) is 10.2 Å². The Labute approximate surface area is 116 Å². The van der Waals surface area contributed by atoms with Crippen LogP contribution in [0, 0.1) is 5.82 Å². The number of ether oxygens (including phenoxy) is 1. The zero-order valence-corrected chi connectivity index (χ0v) is 11.4. The number of rotatable bonds is 3. The van der Waals surface area contributed by atoms with Crippen LogP contribution in [0.2, 0.25) is 5.02 Å². The summed E-state index contributed by atoms with van der Waals surface area (Å²) in [6, 6.07) is 3.85. The van der Waals surface area contributed by atoms with Crippen molar-refractivity contribution >= 4 is 17.5 Å². The minimum Gasteiger partial charge on any atom is -0.378 e. The van der Waals surface area contributed by atoms with E-state index in [0.29, 0.717) is 31.3 Å². The van der Waals surface area contributed by atoms with Crippen molar-refractivity contribution < 1.29 is 13.9 Å². The predicted octanol–water partition coefficient (Wildman–Crippen LogP) is 1.43. The third kappa shape index (κ3) is 3.65. The molecule has 19 heavy (non-hydrogen) atoms. The molecule has 1 aliphatic heterocycles. The van der Waals surface area contributed by atoms with Crippen LogP contribution in [0.15, 0.2) is 18.2 Å². The van der Waals surface area contributed by atoms with Crippen LogP contribution >= 0.6 is 11.6 Å². The number of nitrogens with one attached hydrogen (secondary N) is 1. The van der Waals surface area contributed by atoms with E-state index in [1.807, 2.05) is 0 Å². The predicted molar refractivity (Wildman–Crippen MR) is 70.5 cm³/mol. The van der Waals surface area contributed by atoms with Gasteiger partial charge in [0.1, 0.15) is 11.9 Å². The van der Waals surface area contributed by atoms with Gasteiger partial charge in [0.15, 0.2) is 0 Å². The first-order valence-corrected chi connectivity index (χ1v) is 6.46. The van der Waals surface area contributed by atoms with E-state index < -0.39 is 0 Å². The molecular formula is C13H16ClFN2O2. The van der Waals surface area contributed by atoms with Crippen molar-refractivity contribution in [3.63, 3.8) is 0 Å². The molecule has 1 amide bonds. The highest BCUT2D eigenvalue weighted by Gasteiger charge is 2.24. The SMILES string of the molecule is CN(Cc1ccc(F)cc1Cl)C(=O)C1COCCN1. The lowest BCUT2D eigenvalue weighted by Gasteiger charge is -2.27. The van der Waals surface area contributed by atoms with E-state index >= 15 is 0 Å². The number of amides is 1. The van der Waals surface area contributed by atoms with Crippen molar-refractivity contribution in [3.05, 3.63) is 34.6 Å². The summed E-state index contributed by atoms with van der Waals surface area (Å²) in [5.74, 6) is -0.440. The molecule has 0 spiro atoms. The number of morpholine rings is 1. The van der Waals surface area contributed by atoms with Crippen LogP contribution in [0.4, 0.5) is 4.39 Å². The number of benzene rings is 1. The van der Waals surface area contributed by atoms with E-state index in [4.69, 9.17) is 16.3 Å². The van der Waals surface area contributed by atoms with Gasteiger partial charge in [-0.05, 0) is 17.7 Å². The first kappa shape index (κ1) is 14.2. The Balaban J connectivity index is 1.99. The number of hydrogen-bond acceptors (Lipinski definition) is 3. The largest absolute Gasteiger partial charge is 0.378 e. The minimum absolute atomic E-state index is 0.0555. The van der Waals surface area contributed by atoms with Gasteiger partial charge in [-0.2, -0.15) is 0 Å². The fourth-order valence-electron chi connectivity index (χ4n) is 1.97. The smallest absolute Gasteiger partial charge is 0.242 e. The Hall–Kier alpha value is -1.17. The fraction of sp³-hybridized carbons (Fsp3) is 0.462. The Kier molecular flexibility index (Phi) is 4.74. The summed E-state index contributed by atoms with van der Waals surface area (Å²) in [5.41, 5.74) is 0.718. The molecule has 0 radical (unpaired) electrons. The molecule has 1 saturated heterocycles. The first-order chi connectivity index (χ1) is 9.08. The van der Waals surface area contributed by atoms with Crippen LogP contribution in [0.1, 0.15) is 5.56 Å². The van der Waals surface area contributed by atoms with E-state index in [1.54, 1.807) is 18.0 Å². The maximum Gasteiger partial charge on any atom is 0.242 e. The summed E-state index contributed by atoms with van der Waals surface area (Å²) in [6.45, 7) is 2.01. The van der Waals surface area contributed by atoms with Gasteiger partial charge in [-0.1, -0.05) is 17.7 Å². The monoisotopic (exact) mass is 286 g/mol. The van der Waals surface area contributed by atoms with Crippen molar-refractivity contribution in [1.29, 1.82) is 0 Å². The first-order valence-electron chi connectivity index (χ1n) is 6.08. The topological polar surface area (TPSA) is 41.6 Å². The van der Waals surface area contributed by atoms with Gasteiger partial charge in [0.05, 0.1) is 13.2 Å². The zero-order chi connectivity index (χ0) is 13.8. The maximum absolute atomic E-state index is 12.9. The van der Waals surface area contributed by atoms with E-state index in [9.17, 15) is 9.18 Å². The molecule has 1 N–H and O–H groups in total. The highest BCUT2D eigenvalue weighted by molar-refractivity contribution is 6.31. The zero-order valence-electron chi connectivity index (χ0n) is 10.7. The molecule has 1 unspecified atom stereocenters. The Morgan fingerprint density at radius 1 is 1.63 bits per heavy atom. The third-order valence-corrected chi connectivity index (χ3v) is 3.37. The Morgan fingerprint density at radius 3 is 3.05 bits per heavy atom. The summed E-state index contributed by atoms with van der Waals surface area (Å²) in [7, 11) is 1.69. The number of carbonyl (C=O) groups excluding carboxylic acids is 1. The van der Waals surface area contributed by atoms with Crippen molar-refractivity contribution in [2.24, 2.45) is 0 Å². The molecule has 6 heteroatoms. The van der Waals surface area contributed by atoms with Crippen LogP contribution in [0.5, 0.6) is 0 Å². The van der Waals surface area contributed by atoms with Gasteiger partial charge in [0, 0.05) is 25.2 Å². The number of likely N-dealkylation sites (N-methyl/N-ethyl adjacent to an activating group) is 1. The van der Waals surface area contributed by atoms with Gasteiger partial charge in [-0.15, -0.1) is 0 Å². The molecule has 1 heterocycles. The van der Waals surface area contributed by atoms with Gasteiger partial charge in [-0.25, -0.2) is 4.39 Å². The molecule has 1 aliphatic rings. The molecule has 0 bridgehead atoms. The molecule has 0 aliphatic carbocycles. The van der Waals surface area contributed by atoms with Crippen LogP contribution in [0.25, 0.3) is 0 Å². The summed E-state index contributed by atoms with van der Waals surface area (Å²) in [6.07, 6.45) is 0. The molecule has 104 valence electrons. The number of hydrogen-bond donors (Lipinski definition) is 1. The third-order valence-electron chi connectivity index (χ3n) is 3.02. The Morgan fingerprint density at radius 2 is 2.42 bits per heavy atom. The molecular weight excluding hydrogens is 271 g/mol. The number of carbonyl (C=O) groups is 1. The van der Waals surface area contributed by atoms with Gasteiger partial charge in [0.2, 0.25) is 5.91 Å². The second-order valence-corrected chi connectivity index (χ2v) is 4.92. The van der Waals surface area contributed by atoms with E-state index in [2.05, 4.69) is 5.32 Å². The molecule has 4 nitrogen and oxygen atoms in total. The van der Waals surface area contributed by atoms with E-state index in [0.717, 1.165) is 5.56 Å². The molecule has 1 atom stereocenters. The van der Waals surface area contributed by atoms with Crippen LogP contribution < -0.4 is 5.32 Å². The summed E-state index contributed by atoms with van der Waals surface area (Å²) >= 11 is 5.95. The minimum atomic E-state index is -0.384.